The lowest BCUT2D eigenvalue weighted by Crippen LogP contribution is -2.31. The van der Waals surface area contributed by atoms with Gasteiger partial charge in [0.15, 0.2) is 6.29 Å². The van der Waals surface area contributed by atoms with E-state index in [9.17, 15) is 9.59 Å². The van der Waals surface area contributed by atoms with E-state index in [0.29, 0.717) is 12.2 Å². The van der Waals surface area contributed by atoms with E-state index in [1.165, 1.54) is 19.3 Å². The first-order chi connectivity index (χ1) is 8.65. The van der Waals surface area contributed by atoms with E-state index in [1.807, 2.05) is 10.6 Å². The van der Waals surface area contributed by atoms with Crippen LogP contribution >= 0.6 is 0 Å². The Morgan fingerprint density at radius 1 is 1.22 bits per heavy atom. The highest BCUT2D eigenvalue weighted by molar-refractivity contribution is 5.74. The summed E-state index contributed by atoms with van der Waals surface area (Å²) in [5.41, 5.74) is 1.23. The fraction of sp³-hybridized carbons (Fsp3) is 0.600. The lowest BCUT2D eigenvalue weighted by Gasteiger charge is -2.28. The van der Waals surface area contributed by atoms with Crippen LogP contribution < -0.4 is 5.56 Å². The molecule has 0 saturated heterocycles. The van der Waals surface area contributed by atoms with Gasteiger partial charge in [-0.3, -0.25) is 9.59 Å². The van der Waals surface area contributed by atoms with Gasteiger partial charge in [-0.2, -0.15) is 0 Å². The van der Waals surface area contributed by atoms with Gasteiger partial charge in [-0.25, -0.2) is 0 Å². The number of aromatic nitrogens is 1. The molecule has 0 aromatic carbocycles. The largest absolute Gasteiger partial charge is 0.309 e. The monoisotopic (exact) mass is 247 g/mol. The van der Waals surface area contributed by atoms with Gasteiger partial charge in [-0.1, -0.05) is 33.1 Å². The molecule has 0 amide bonds. The molecule has 0 radical (unpaired) electrons. The summed E-state index contributed by atoms with van der Waals surface area (Å²) >= 11 is 0. The van der Waals surface area contributed by atoms with Crippen molar-refractivity contribution in [2.45, 2.75) is 57.9 Å². The summed E-state index contributed by atoms with van der Waals surface area (Å²) in [4.78, 5) is 23.3. The second-order valence-corrected chi connectivity index (χ2v) is 5.45. The summed E-state index contributed by atoms with van der Waals surface area (Å²) < 4.78 is 1.88. The first-order valence-corrected chi connectivity index (χ1v) is 6.85. The van der Waals surface area contributed by atoms with Crippen LogP contribution in [-0.2, 0) is 0 Å². The molecule has 0 N–H and O–H groups in total. The maximum atomic E-state index is 12.4. The number of aldehydes is 1. The topological polar surface area (TPSA) is 39.1 Å². The van der Waals surface area contributed by atoms with Gasteiger partial charge in [0.25, 0.3) is 5.56 Å². The fourth-order valence-electron chi connectivity index (χ4n) is 2.86. The zero-order valence-corrected chi connectivity index (χ0v) is 11.2. The summed E-state index contributed by atoms with van der Waals surface area (Å²) in [6, 6.07) is 3.87. The lowest BCUT2D eigenvalue weighted by atomic mass is 9.94. The van der Waals surface area contributed by atoms with Crippen molar-refractivity contribution >= 4 is 6.29 Å². The molecule has 0 bridgehead atoms. The smallest absolute Gasteiger partial charge is 0.261 e. The first kappa shape index (κ1) is 13.1. The maximum absolute atomic E-state index is 12.4. The SMILES string of the molecule is CC(C)c1ccc(C=O)c(=O)n1C1CCCCC1. The van der Waals surface area contributed by atoms with Crippen molar-refractivity contribution in [2.75, 3.05) is 0 Å². The number of carbonyl (C=O) groups excluding carboxylic acids is 1. The second kappa shape index (κ2) is 5.51. The van der Waals surface area contributed by atoms with Crippen LogP contribution in [0.3, 0.4) is 0 Å². The molecule has 0 unspecified atom stereocenters. The van der Waals surface area contributed by atoms with Crippen molar-refractivity contribution in [1.29, 1.82) is 0 Å². The molecule has 3 nitrogen and oxygen atoms in total. The molecular weight excluding hydrogens is 226 g/mol. The molecule has 1 saturated carbocycles. The number of pyridine rings is 1. The van der Waals surface area contributed by atoms with Crippen LogP contribution in [-0.4, -0.2) is 10.9 Å². The molecule has 1 fully saturated rings. The van der Waals surface area contributed by atoms with Crippen molar-refractivity contribution in [3.63, 3.8) is 0 Å². The average Bonchev–Trinajstić information content (AvgIpc) is 2.39. The van der Waals surface area contributed by atoms with E-state index in [2.05, 4.69) is 13.8 Å². The predicted molar refractivity (Wildman–Crippen MR) is 72.3 cm³/mol. The standard InChI is InChI=1S/C15H21NO2/c1-11(2)14-9-8-12(10-17)15(18)16(14)13-6-4-3-5-7-13/h8-11,13H,3-7H2,1-2H3. The molecule has 1 aromatic heterocycles. The number of carbonyl (C=O) groups is 1. The Balaban J connectivity index is 2.52. The molecule has 1 aliphatic rings. The Morgan fingerprint density at radius 2 is 1.89 bits per heavy atom. The van der Waals surface area contributed by atoms with Gasteiger partial charge < -0.3 is 4.57 Å². The molecule has 0 aliphatic heterocycles. The van der Waals surface area contributed by atoms with Crippen LogP contribution in [0.15, 0.2) is 16.9 Å². The van der Waals surface area contributed by atoms with E-state index in [0.717, 1.165) is 18.5 Å². The highest BCUT2D eigenvalue weighted by Crippen LogP contribution is 2.29. The number of rotatable bonds is 3. The third-order valence-corrected chi connectivity index (χ3v) is 3.84. The van der Waals surface area contributed by atoms with Crippen molar-refractivity contribution in [2.24, 2.45) is 0 Å². The number of hydrogen-bond donors (Lipinski definition) is 0. The summed E-state index contributed by atoms with van der Waals surface area (Å²) in [5, 5.41) is 0. The molecule has 3 heteroatoms. The van der Waals surface area contributed by atoms with Gasteiger partial charge in [0.2, 0.25) is 0 Å². The van der Waals surface area contributed by atoms with Crippen molar-refractivity contribution < 1.29 is 4.79 Å². The van der Waals surface area contributed by atoms with Crippen molar-refractivity contribution in [3.8, 4) is 0 Å². The van der Waals surface area contributed by atoms with Crippen molar-refractivity contribution in [1.82, 2.24) is 4.57 Å². The molecule has 2 rings (SSSR count). The third-order valence-electron chi connectivity index (χ3n) is 3.84. The minimum atomic E-state index is -0.108. The van der Waals surface area contributed by atoms with Crippen LogP contribution in [0.2, 0.25) is 0 Å². The fourth-order valence-corrected chi connectivity index (χ4v) is 2.86. The normalized spacial score (nSPS) is 17.1. The Bertz CT molecular complexity index is 482. The van der Waals surface area contributed by atoms with Gasteiger partial charge in [0.05, 0.1) is 5.56 Å². The molecule has 1 aliphatic carbocycles. The van der Waals surface area contributed by atoms with Crippen LogP contribution in [0, 0.1) is 0 Å². The van der Waals surface area contributed by atoms with Gasteiger partial charge in [-0.05, 0) is 30.9 Å². The summed E-state index contributed by atoms with van der Waals surface area (Å²) in [6.45, 7) is 4.18. The Hall–Kier alpha value is -1.38. The molecule has 18 heavy (non-hydrogen) atoms. The molecular formula is C15H21NO2. The predicted octanol–water partition coefficient (Wildman–Crippen LogP) is 3.29. The van der Waals surface area contributed by atoms with Crippen molar-refractivity contribution in [3.05, 3.63) is 33.7 Å². The number of nitrogens with zero attached hydrogens (tertiary/aromatic N) is 1. The molecule has 1 aromatic rings. The molecule has 1 heterocycles. The zero-order chi connectivity index (χ0) is 13.1. The van der Waals surface area contributed by atoms with E-state index in [4.69, 9.17) is 0 Å². The summed E-state index contributed by atoms with van der Waals surface area (Å²) in [5.74, 6) is 0.306. The van der Waals surface area contributed by atoms with E-state index in [-0.39, 0.29) is 17.2 Å². The quantitative estimate of drug-likeness (QED) is 0.769. The van der Waals surface area contributed by atoms with Crippen LogP contribution in [0.5, 0.6) is 0 Å². The molecule has 0 atom stereocenters. The first-order valence-electron chi connectivity index (χ1n) is 6.85. The third kappa shape index (κ3) is 2.40. The average molecular weight is 247 g/mol. The number of hydrogen-bond acceptors (Lipinski definition) is 2. The Labute approximate surface area is 108 Å². The van der Waals surface area contributed by atoms with Gasteiger partial charge in [0, 0.05) is 11.7 Å². The minimum absolute atomic E-state index is 0.108. The van der Waals surface area contributed by atoms with E-state index < -0.39 is 0 Å². The van der Waals surface area contributed by atoms with Gasteiger partial charge in [0.1, 0.15) is 0 Å². The van der Waals surface area contributed by atoms with Crippen LogP contribution in [0.4, 0.5) is 0 Å². The van der Waals surface area contributed by atoms with E-state index >= 15 is 0 Å². The lowest BCUT2D eigenvalue weighted by molar-refractivity contribution is 0.112. The second-order valence-electron chi connectivity index (χ2n) is 5.45. The van der Waals surface area contributed by atoms with Gasteiger partial charge >= 0.3 is 0 Å². The molecule has 0 spiro atoms. The van der Waals surface area contributed by atoms with E-state index in [1.54, 1.807) is 6.07 Å². The minimum Gasteiger partial charge on any atom is -0.309 e. The van der Waals surface area contributed by atoms with Crippen LogP contribution in [0.25, 0.3) is 0 Å². The Kier molecular flexibility index (Phi) is 4.00. The summed E-state index contributed by atoms with van der Waals surface area (Å²) in [7, 11) is 0. The van der Waals surface area contributed by atoms with Crippen LogP contribution in [0.1, 0.15) is 74.0 Å². The molecule has 98 valence electrons. The maximum Gasteiger partial charge on any atom is 0.261 e. The highest BCUT2D eigenvalue weighted by Gasteiger charge is 2.21. The summed E-state index contributed by atoms with van der Waals surface area (Å²) in [6.07, 6.45) is 6.41. The zero-order valence-electron chi connectivity index (χ0n) is 11.2. The Morgan fingerprint density at radius 3 is 2.44 bits per heavy atom. The highest BCUT2D eigenvalue weighted by atomic mass is 16.1. The van der Waals surface area contributed by atoms with Gasteiger partial charge in [-0.15, -0.1) is 0 Å².